The van der Waals surface area contributed by atoms with Gasteiger partial charge in [-0.15, -0.1) is 11.3 Å². The van der Waals surface area contributed by atoms with Crippen LogP contribution in [0.25, 0.3) is 0 Å². The average molecular weight is 321 g/mol. The number of aromatic carboxylic acids is 1. The predicted molar refractivity (Wildman–Crippen MR) is 76.6 cm³/mol. The lowest BCUT2D eigenvalue weighted by Gasteiger charge is -2.29. The van der Waals surface area contributed by atoms with Crippen LogP contribution in [-0.4, -0.2) is 37.8 Å². The smallest absolute Gasteiger partial charge is 0.345 e. The molecule has 0 fully saturated rings. The second kappa shape index (κ2) is 6.66. The molecule has 0 radical (unpaired) electrons. The van der Waals surface area contributed by atoms with Gasteiger partial charge in [-0.3, -0.25) is 0 Å². The van der Waals surface area contributed by atoms with Crippen LogP contribution in [-0.2, 0) is 10.0 Å². The van der Waals surface area contributed by atoms with Gasteiger partial charge in [-0.1, -0.05) is 13.8 Å². The summed E-state index contributed by atoms with van der Waals surface area (Å²) in [7, 11) is -3.74. The van der Waals surface area contributed by atoms with Crippen LogP contribution in [0, 0.1) is 5.41 Å². The highest BCUT2D eigenvalue weighted by atomic mass is 32.2. The van der Waals surface area contributed by atoms with Crippen molar-refractivity contribution < 1.29 is 23.4 Å². The van der Waals surface area contributed by atoms with Crippen LogP contribution in [0.1, 0.15) is 36.4 Å². The van der Waals surface area contributed by atoms with Crippen LogP contribution < -0.4 is 4.72 Å². The standard InChI is InChI=1S/C12H19NO5S2/c1-3-12(4-2,8-14)7-13-20(17,18)10-6-5-9(19-10)11(15)16/h5-6,13-14H,3-4,7-8H2,1-2H3,(H,15,16). The number of carboxylic acids is 1. The van der Waals surface area contributed by atoms with Gasteiger partial charge in [-0.05, 0) is 25.0 Å². The van der Waals surface area contributed by atoms with Crippen molar-refractivity contribution in [2.45, 2.75) is 30.9 Å². The van der Waals surface area contributed by atoms with E-state index in [-0.39, 0.29) is 22.2 Å². The third kappa shape index (κ3) is 3.78. The first kappa shape index (κ1) is 17.1. The van der Waals surface area contributed by atoms with Gasteiger partial charge in [0.2, 0.25) is 10.0 Å². The zero-order valence-electron chi connectivity index (χ0n) is 11.4. The normalized spacial score (nSPS) is 12.6. The summed E-state index contributed by atoms with van der Waals surface area (Å²) in [5, 5.41) is 18.2. The summed E-state index contributed by atoms with van der Waals surface area (Å²) in [4.78, 5) is 10.7. The van der Waals surface area contributed by atoms with E-state index in [1.807, 2.05) is 13.8 Å². The summed E-state index contributed by atoms with van der Waals surface area (Å²) in [6, 6.07) is 2.54. The Hall–Kier alpha value is -0.960. The molecular formula is C12H19NO5S2. The van der Waals surface area contributed by atoms with E-state index < -0.39 is 21.4 Å². The van der Waals surface area contributed by atoms with Crippen LogP contribution in [0.4, 0.5) is 0 Å². The summed E-state index contributed by atoms with van der Waals surface area (Å²) in [5.41, 5.74) is -0.486. The highest BCUT2D eigenvalue weighted by Gasteiger charge is 2.28. The van der Waals surface area contributed by atoms with Crippen LogP contribution in [0.15, 0.2) is 16.3 Å². The largest absolute Gasteiger partial charge is 0.477 e. The molecule has 0 aliphatic rings. The monoisotopic (exact) mass is 321 g/mol. The first-order valence-electron chi connectivity index (χ1n) is 6.24. The molecule has 0 unspecified atom stereocenters. The fourth-order valence-corrected chi connectivity index (χ4v) is 4.03. The highest BCUT2D eigenvalue weighted by molar-refractivity contribution is 7.91. The van der Waals surface area contributed by atoms with Gasteiger partial charge in [0.15, 0.2) is 0 Å². The third-order valence-electron chi connectivity index (χ3n) is 3.53. The molecule has 0 saturated heterocycles. The first-order chi connectivity index (χ1) is 9.30. The molecule has 0 aliphatic heterocycles. The van der Waals surface area contributed by atoms with E-state index in [1.165, 1.54) is 12.1 Å². The number of carboxylic acid groups (broad SMARTS) is 1. The van der Waals surface area contributed by atoms with Gasteiger partial charge in [0.1, 0.15) is 9.09 Å². The summed E-state index contributed by atoms with van der Waals surface area (Å²) in [6.07, 6.45) is 1.29. The zero-order chi connectivity index (χ0) is 15.4. The molecule has 20 heavy (non-hydrogen) atoms. The Bertz CT molecular complexity index is 552. The van der Waals surface area contributed by atoms with Crippen molar-refractivity contribution in [3.8, 4) is 0 Å². The minimum atomic E-state index is -3.74. The minimum absolute atomic E-state index is 0.0234. The molecule has 0 aromatic carbocycles. The Morgan fingerprint density at radius 2 is 1.95 bits per heavy atom. The van der Waals surface area contributed by atoms with Crippen molar-refractivity contribution in [1.82, 2.24) is 4.72 Å². The van der Waals surface area contributed by atoms with Crippen molar-refractivity contribution in [2.75, 3.05) is 13.2 Å². The number of hydrogen-bond donors (Lipinski definition) is 3. The average Bonchev–Trinajstić information content (AvgIpc) is 2.91. The van der Waals surface area contributed by atoms with Gasteiger partial charge in [0.05, 0.1) is 0 Å². The SMILES string of the molecule is CCC(CC)(CO)CNS(=O)(=O)c1ccc(C(=O)O)s1. The fraction of sp³-hybridized carbons (Fsp3) is 0.583. The molecule has 6 nitrogen and oxygen atoms in total. The molecule has 0 amide bonds. The number of aliphatic hydroxyl groups is 1. The second-order valence-electron chi connectivity index (χ2n) is 4.61. The minimum Gasteiger partial charge on any atom is -0.477 e. The van der Waals surface area contributed by atoms with Gasteiger partial charge in [0.25, 0.3) is 0 Å². The molecule has 1 aromatic rings. The number of sulfonamides is 1. The Morgan fingerprint density at radius 1 is 1.35 bits per heavy atom. The summed E-state index contributed by atoms with van der Waals surface area (Å²) < 4.78 is 26.6. The summed E-state index contributed by atoms with van der Waals surface area (Å²) in [5.74, 6) is -1.15. The van der Waals surface area contributed by atoms with Gasteiger partial charge in [-0.25, -0.2) is 17.9 Å². The molecule has 3 N–H and O–H groups in total. The summed E-state index contributed by atoms with van der Waals surface area (Å²) >= 11 is 0.709. The van der Waals surface area contributed by atoms with Crippen molar-refractivity contribution in [2.24, 2.45) is 5.41 Å². The lowest BCUT2D eigenvalue weighted by Crippen LogP contribution is -2.39. The van der Waals surface area contributed by atoms with E-state index in [2.05, 4.69) is 4.72 Å². The van der Waals surface area contributed by atoms with E-state index in [1.54, 1.807) is 0 Å². The molecular weight excluding hydrogens is 302 g/mol. The van der Waals surface area contributed by atoms with Crippen molar-refractivity contribution in [3.05, 3.63) is 17.0 Å². The van der Waals surface area contributed by atoms with E-state index in [0.717, 1.165) is 0 Å². The molecule has 0 atom stereocenters. The highest BCUT2D eigenvalue weighted by Crippen LogP contribution is 2.26. The Morgan fingerprint density at radius 3 is 2.35 bits per heavy atom. The van der Waals surface area contributed by atoms with E-state index in [4.69, 9.17) is 5.11 Å². The maximum Gasteiger partial charge on any atom is 0.345 e. The molecule has 0 bridgehead atoms. The Labute approximate surface area is 122 Å². The molecule has 114 valence electrons. The number of rotatable bonds is 8. The predicted octanol–water partition coefficient (Wildman–Crippen LogP) is 1.52. The Balaban J connectivity index is 2.87. The Kier molecular flexibility index (Phi) is 5.69. The lowest BCUT2D eigenvalue weighted by molar-refractivity contribution is 0.0702. The molecule has 1 heterocycles. The van der Waals surface area contributed by atoms with E-state index >= 15 is 0 Å². The van der Waals surface area contributed by atoms with Crippen molar-refractivity contribution in [3.63, 3.8) is 0 Å². The number of nitrogens with one attached hydrogen (secondary N) is 1. The molecule has 1 rings (SSSR count). The topological polar surface area (TPSA) is 104 Å². The van der Waals surface area contributed by atoms with E-state index in [9.17, 15) is 18.3 Å². The number of carbonyl (C=O) groups is 1. The van der Waals surface area contributed by atoms with Crippen molar-refractivity contribution in [1.29, 1.82) is 0 Å². The van der Waals surface area contributed by atoms with Crippen LogP contribution in [0.3, 0.4) is 0 Å². The third-order valence-corrected chi connectivity index (χ3v) is 6.50. The van der Waals surface area contributed by atoms with Crippen LogP contribution in [0.5, 0.6) is 0 Å². The van der Waals surface area contributed by atoms with Gasteiger partial charge in [-0.2, -0.15) is 0 Å². The van der Waals surface area contributed by atoms with Crippen LogP contribution in [0.2, 0.25) is 0 Å². The molecule has 0 saturated carbocycles. The van der Waals surface area contributed by atoms with Gasteiger partial charge < -0.3 is 10.2 Å². The quantitative estimate of drug-likeness (QED) is 0.673. The first-order valence-corrected chi connectivity index (χ1v) is 8.54. The summed E-state index contributed by atoms with van der Waals surface area (Å²) in [6.45, 7) is 3.80. The fourth-order valence-electron chi connectivity index (χ4n) is 1.68. The van der Waals surface area contributed by atoms with Crippen LogP contribution >= 0.6 is 11.3 Å². The maximum atomic E-state index is 12.1. The number of thiophene rings is 1. The molecule has 0 spiro atoms. The zero-order valence-corrected chi connectivity index (χ0v) is 13.1. The van der Waals surface area contributed by atoms with Gasteiger partial charge >= 0.3 is 5.97 Å². The molecule has 8 heteroatoms. The molecule has 0 aliphatic carbocycles. The van der Waals surface area contributed by atoms with Gasteiger partial charge in [0, 0.05) is 18.6 Å². The van der Waals surface area contributed by atoms with E-state index in [0.29, 0.717) is 24.2 Å². The molecule has 1 aromatic heterocycles. The second-order valence-corrected chi connectivity index (χ2v) is 7.69. The number of aliphatic hydroxyl groups excluding tert-OH is 1. The maximum absolute atomic E-state index is 12.1. The number of hydrogen-bond acceptors (Lipinski definition) is 5. The lowest BCUT2D eigenvalue weighted by atomic mass is 9.84. The van der Waals surface area contributed by atoms with Crippen molar-refractivity contribution >= 4 is 27.3 Å².